The normalized spacial score (nSPS) is 7.62. The lowest BCUT2D eigenvalue weighted by Gasteiger charge is -1.89. The molecule has 0 bridgehead atoms. The molecule has 0 aliphatic heterocycles. The highest BCUT2D eigenvalue weighted by molar-refractivity contribution is 6.40. The Morgan fingerprint density at radius 1 is 1.38 bits per heavy atom. The van der Waals surface area contributed by atoms with Crippen LogP contribution >= 0.6 is 11.6 Å². The van der Waals surface area contributed by atoms with Crippen LogP contribution in [-0.4, -0.2) is 24.2 Å². The standard InChI is InChI=1S/C4H5ClO2.C4H6O2/c1-3(5)4(6)7-2;1-3(2)4(5)6/h1H2,2H3;1H2,2H3,(H,5,6). The summed E-state index contributed by atoms with van der Waals surface area (Å²) in [6.07, 6.45) is 0. The second-order valence-electron chi connectivity index (χ2n) is 1.98. The van der Waals surface area contributed by atoms with Crippen molar-refractivity contribution in [3.8, 4) is 0 Å². The van der Waals surface area contributed by atoms with E-state index in [9.17, 15) is 9.59 Å². The van der Waals surface area contributed by atoms with E-state index in [1.165, 1.54) is 14.0 Å². The summed E-state index contributed by atoms with van der Waals surface area (Å²) in [7, 11) is 1.25. The number of carboxylic acid groups (broad SMARTS) is 1. The van der Waals surface area contributed by atoms with Crippen LogP contribution in [0.3, 0.4) is 0 Å². The Balaban J connectivity index is 0. The lowest BCUT2D eigenvalue weighted by molar-refractivity contribution is -0.135. The molecule has 0 aromatic heterocycles. The van der Waals surface area contributed by atoms with Crippen LogP contribution in [0.15, 0.2) is 23.8 Å². The molecular weight excluding hydrogens is 196 g/mol. The van der Waals surface area contributed by atoms with Gasteiger partial charge in [0.25, 0.3) is 0 Å². The first-order chi connectivity index (χ1) is 5.82. The molecule has 4 nitrogen and oxygen atoms in total. The van der Waals surface area contributed by atoms with Crippen LogP contribution in [0.25, 0.3) is 0 Å². The number of carbonyl (C=O) groups is 2. The molecule has 0 saturated heterocycles. The van der Waals surface area contributed by atoms with Crippen LogP contribution in [0.5, 0.6) is 0 Å². The fourth-order valence-electron chi connectivity index (χ4n) is 0.111. The Bertz CT molecular complexity index is 220. The van der Waals surface area contributed by atoms with Crippen LogP contribution in [-0.2, 0) is 14.3 Å². The molecule has 0 aromatic rings. The second-order valence-corrected chi connectivity index (χ2v) is 2.44. The number of halogens is 1. The fraction of sp³-hybridized carbons (Fsp3) is 0.250. The van der Waals surface area contributed by atoms with Crippen molar-refractivity contribution in [1.29, 1.82) is 0 Å². The lowest BCUT2D eigenvalue weighted by Crippen LogP contribution is -1.97. The average molecular weight is 207 g/mol. The van der Waals surface area contributed by atoms with Gasteiger partial charge in [-0.1, -0.05) is 24.8 Å². The summed E-state index contributed by atoms with van der Waals surface area (Å²) in [6.45, 7) is 7.72. The van der Waals surface area contributed by atoms with Crippen molar-refractivity contribution in [2.45, 2.75) is 6.92 Å². The van der Waals surface area contributed by atoms with E-state index in [2.05, 4.69) is 17.9 Å². The first-order valence-electron chi connectivity index (χ1n) is 3.14. The summed E-state index contributed by atoms with van der Waals surface area (Å²) in [4.78, 5) is 19.7. The van der Waals surface area contributed by atoms with Gasteiger partial charge in [0.1, 0.15) is 5.03 Å². The largest absolute Gasteiger partial charge is 0.478 e. The zero-order valence-electron chi connectivity index (χ0n) is 7.46. The number of ether oxygens (including phenoxy) is 1. The lowest BCUT2D eigenvalue weighted by atomic mass is 10.4. The third-order valence-corrected chi connectivity index (χ3v) is 0.926. The van der Waals surface area contributed by atoms with Gasteiger partial charge in [-0.25, -0.2) is 9.59 Å². The van der Waals surface area contributed by atoms with Crippen molar-refractivity contribution in [2.75, 3.05) is 7.11 Å². The molecule has 0 unspecified atom stereocenters. The summed E-state index contributed by atoms with van der Waals surface area (Å²) in [5.41, 5.74) is 0.176. The quantitative estimate of drug-likeness (QED) is 0.550. The predicted molar refractivity (Wildman–Crippen MR) is 49.5 cm³/mol. The predicted octanol–water partition coefficient (Wildman–Crippen LogP) is 1.56. The van der Waals surface area contributed by atoms with Crippen LogP contribution in [0, 0.1) is 0 Å². The topological polar surface area (TPSA) is 63.6 Å². The van der Waals surface area contributed by atoms with Crippen molar-refractivity contribution >= 4 is 23.5 Å². The first kappa shape index (κ1) is 14.2. The Morgan fingerprint density at radius 3 is 1.69 bits per heavy atom. The second kappa shape index (κ2) is 7.36. The maximum atomic E-state index is 10.1. The molecule has 0 rings (SSSR count). The molecule has 0 aromatic carbocycles. The average Bonchev–Trinajstić information content (AvgIpc) is 2.03. The highest BCUT2D eigenvalue weighted by Crippen LogP contribution is 1.96. The summed E-state index contributed by atoms with van der Waals surface area (Å²) in [5.74, 6) is -1.52. The summed E-state index contributed by atoms with van der Waals surface area (Å²) in [5, 5.41) is 7.80. The Hall–Kier alpha value is -1.29. The van der Waals surface area contributed by atoms with E-state index in [1.807, 2.05) is 0 Å². The summed E-state index contributed by atoms with van der Waals surface area (Å²) in [6, 6.07) is 0. The maximum Gasteiger partial charge on any atom is 0.348 e. The number of aliphatic carboxylic acids is 1. The molecule has 0 aliphatic rings. The van der Waals surface area contributed by atoms with Crippen LogP contribution in [0.2, 0.25) is 0 Å². The van der Waals surface area contributed by atoms with E-state index in [1.54, 1.807) is 0 Å². The SMILES string of the molecule is C=C(C)C(=O)O.C=C(Cl)C(=O)OC. The van der Waals surface area contributed by atoms with Gasteiger partial charge >= 0.3 is 11.9 Å². The number of hydrogen-bond acceptors (Lipinski definition) is 3. The molecule has 74 valence electrons. The van der Waals surface area contributed by atoms with Crippen LogP contribution in [0.4, 0.5) is 0 Å². The van der Waals surface area contributed by atoms with Gasteiger partial charge in [-0.05, 0) is 6.92 Å². The molecule has 0 aliphatic carbocycles. The van der Waals surface area contributed by atoms with Gasteiger partial charge < -0.3 is 9.84 Å². The van der Waals surface area contributed by atoms with Gasteiger partial charge in [0, 0.05) is 5.57 Å². The summed E-state index contributed by atoms with van der Waals surface area (Å²) < 4.78 is 4.14. The number of esters is 1. The molecule has 0 heterocycles. The molecule has 13 heavy (non-hydrogen) atoms. The zero-order valence-corrected chi connectivity index (χ0v) is 8.22. The van der Waals surface area contributed by atoms with E-state index in [0.29, 0.717) is 0 Å². The van der Waals surface area contributed by atoms with Gasteiger partial charge in [0.15, 0.2) is 0 Å². The minimum absolute atomic E-state index is 0.0949. The minimum atomic E-state index is -0.935. The molecule has 5 heteroatoms. The molecule has 0 amide bonds. The van der Waals surface area contributed by atoms with Crippen LogP contribution in [0.1, 0.15) is 6.92 Å². The fourth-order valence-corrected chi connectivity index (χ4v) is 0.188. The molecule has 0 radical (unpaired) electrons. The highest BCUT2D eigenvalue weighted by atomic mass is 35.5. The zero-order chi connectivity index (χ0) is 11.0. The van der Waals surface area contributed by atoms with Crippen molar-refractivity contribution < 1.29 is 19.4 Å². The maximum absolute atomic E-state index is 10.1. The van der Waals surface area contributed by atoms with Gasteiger partial charge in [-0.3, -0.25) is 0 Å². The molecule has 0 atom stereocenters. The number of rotatable bonds is 2. The molecular formula is C8H11ClO4. The third-order valence-electron chi connectivity index (χ3n) is 0.772. The van der Waals surface area contributed by atoms with E-state index in [0.717, 1.165) is 0 Å². The van der Waals surface area contributed by atoms with Crippen molar-refractivity contribution in [1.82, 2.24) is 0 Å². The Labute approximate surface area is 81.5 Å². The van der Waals surface area contributed by atoms with Gasteiger partial charge in [0.2, 0.25) is 0 Å². The monoisotopic (exact) mass is 206 g/mol. The molecule has 0 saturated carbocycles. The Morgan fingerprint density at radius 2 is 1.69 bits per heavy atom. The van der Waals surface area contributed by atoms with E-state index in [-0.39, 0.29) is 10.6 Å². The number of carbonyl (C=O) groups excluding carboxylic acids is 1. The van der Waals surface area contributed by atoms with Gasteiger partial charge in [-0.15, -0.1) is 0 Å². The van der Waals surface area contributed by atoms with Crippen LogP contribution < -0.4 is 0 Å². The van der Waals surface area contributed by atoms with E-state index in [4.69, 9.17) is 16.7 Å². The van der Waals surface area contributed by atoms with Crippen molar-refractivity contribution in [2.24, 2.45) is 0 Å². The number of hydrogen-bond donors (Lipinski definition) is 1. The molecule has 1 N–H and O–H groups in total. The Kier molecular flexibility index (Phi) is 8.07. The van der Waals surface area contributed by atoms with E-state index >= 15 is 0 Å². The van der Waals surface area contributed by atoms with Gasteiger partial charge in [-0.2, -0.15) is 0 Å². The third kappa shape index (κ3) is 10.7. The summed E-state index contributed by atoms with van der Waals surface area (Å²) >= 11 is 5.06. The molecule has 0 spiro atoms. The van der Waals surface area contributed by atoms with Crippen molar-refractivity contribution in [3.05, 3.63) is 23.8 Å². The highest BCUT2D eigenvalue weighted by Gasteiger charge is 1.98. The van der Waals surface area contributed by atoms with Crippen molar-refractivity contribution in [3.63, 3.8) is 0 Å². The number of methoxy groups -OCH3 is 1. The van der Waals surface area contributed by atoms with Gasteiger partial charge in [0.05, 0.1) is 7.11 Å². The number of carboxylic acids is 1. The first-order valence-corrected chi connectivity index (χ1v) is 3.52. The van der Waals surface area contributed by atoms with E-state index < -0.39 is 11.9 Å². The smallest absolute Gasteiger partial charge is 0.348 e. The molecule has 0 fully saturated rings. The minimum Gasteiger partial charge on any atom is -0.478 e.